The van der Waals surface area contributed by atoms with Gasteiger partial charge in [-0.15, -0.1) is 0 Å². The van der Waals surface area contributed by atoms with E-state index in [1.54, 1.807) is 76.6 Å². The maximum absolute atomic E-state index is 13.5. The van der Waals surface area contributed by atoms with Gasteiger partial charge in [-0.1, -0.05) is 30.3 Å². The predicted molar refractivity (Wildman–Crippen MR) is 154 cm³/mol. The number of ether oxygens (including phenoxy) is 1. The topological polar surface area (TPSA) is 108 Å². The number of aromatic nitrogens is 1. The maximum Gasteiger partial charge on any atom is 0.416 e. The van der Waals surface area contributed by atoms with Gasteiger partial charge >= 0.3 is 12.3 Å². The molecule has 3 aromatic rings. The number of carbonyl (C=O) groups excluding carboxylic acids is 2. The number of pyridine rings is 1. The molecule has 42 heavy (non-hydrogen) atoms. The number of alkyl carbamates (subject to hydrolysis) is 1. The molecule has 2 heterocycles. The van der Waals surface area contributed by atoms with E-state index in [0.29, 0.717) is 29.8 Å². The molecule has 0 aliphatic carbocycles. The number of amides is 2. The molecule has 0 saturated heterocycles. The van der Waals surface area contributed by atoms with E-state index in [4.69, 9.17) is 4.74 Å². The summed E-state index contributed by atoms with van der Waals surface area (Å²) in [5.41, 5.74) is 4.60. The molecule has 222 valence electrons. The fourth-order valence-corrected chi connectivity index (χ4v) is 4.27. The second-order valence-corrected chi connectivity index (χ2v) is 10.8. The smallest absolute Gasteiger partial charge is 0.416 e. The third-order valence-electron chi connectivity index (χ3n) is 6.37. The van der Waals surface area contributed by atoms with Gasteiger partial charge in [0.15, 0.2) is 0 Å². The number of hydrogen-bond donors (Lipinski definition) is 3. The number of carbonyl (C=O) groups is 2. The number of hydrogen-bond acceptors (Lipinski definition) is 7. The van der Waals surface area contributed by atoms with Gasteiger partial charge in [0.1, 0.15) is 17.6 Å². The lowest BCUT2D eigenvalue weighted by molar-refractivity contribution is -0.137. The van der Waals surface area contributed by atoms with Crippen molar-refractivity contribution >= 4 is 24.0 Å². The van der Waals surface area contributed by atoms with Crippen molar-refractivity contribution < 1.29 is 27.5 Å². The van der Waals surface area contributed by atoms with E-state index in [0.717, 1.165) is 23.4 Å². The summed E-state index contributed by atoms with van der Waals surface area (Å²) in [6.45, 7) is 8.22. The summed E-state index contributed by atoms with van der Waals surface area (Å²) in [5, 5.41) is 7.38. The fraction of sp³-hybridized carbons (Fsp3) is 0.333. The monoisotopic (exact) mass is 582 g/mol. The van der Waals surface area contributed by atoms with Gasteiger partial charge in [0, 0.05) is 12.7 Å². The quantitative estimate of drug-likeness (QED) is 0.333. The van der Waals surface area contributed by atoms with Crippen molar-refractivity contribution in [2.45, 2.75) is 52.1 Å². The van der Waals surface area contributed by atoms with Gasteiger partial charge in [-0.05, 0) is 74.2 Å². The number of nitrogens with one attached hydrogen (secondary N) is 3. The highest BCUT2D eigenvalue weighted by molar-refractivity contribution is 5.93. The summed E-state index contributed by atoms with van der Waals surface area (Å²) in [6, 6.07) is 13.3. The molecule has 0 saturated carbocycles. The molecule has 9 nitrogen and oxygen atoms in total. The highest BCUT2D eigenvalue weighted by Crippen LogP contribution is 2.34. The van der Waals surface area contributed by atoms with Gasteiger partial charge in [0.2, 0.25) is 0 Å². The van der Waals surface area contributed by atoms with E-state index >= 15 is 0 Å². The second-order valence-electron chi connectivity index (χ2n) is 10.8. The lowest BCUT2D eigenvalue weighted by atomic mass is 9.95. The Hall–Kier alpha value is -4.61. The van der Waals surface area contributed by atoms with Crippen molar-refractivity contribution in [2.24, 2.45) is 4.99 Å². The van der Waals surface area contributed by atoms with E-state index in [-0.39, 0.29) is 18.1 Å². The molecular weight excluding hydrogens is 549 g/mol. The normalized spacial score (nSPS) is 14.1. The first-order chi connectivity index (χ1) is 19.8. The van der Waals surface area contributed by atoms with Crippen LogP contribution in [0.5, 0.6) is 0 Å². The zero-order chi connectivity index (χ0) is 30.5. The number of alkyl halides is 3. The number of halogens is 3. The van der Waals surface area contributed by atoms with Gasteiger partial charge in [-0.2, -0.15) is 13.2 Å². The lowest BCUT2D eigenvalue weighted by Gasteiger charge is -2.26. The molecule has 12 heteroatoms. The van der Waals surface area contributed by atoms with E-state index in [1.165, 1.54) is 6.07 Å². The molecule has 3 N–H and O–H groups in total. The predicted octanol–water partition coefficient (Wildman–Crippen LogP) is 5.64. The Labute approximate surface area is 242 Å². The molecule has 0 spiro atoms. The number of benzene rings is 2. The van der Waals surface area contributed by atoms with Crippen LogP contribution in [0.2, 0.25) is 0 Å². The Bertz CT molecular complexity index is 1450. The van der Waals surface area contributed by atoms with Gasteiger partial charge in [-0.3, -0.25) is 25.2 Å². The van der Waals surface area contributed by atoms with Gasteiger partial charge in [-0.25, -0.2) is 4.79 Å². The van der Waals surface area contributed by atoms with E-state index in [1.807, 2.05) is 5.01 Å². The van der Waals surface area contributed by atoms with Gasteiger partial charge in [0.25, 0.3) is 5.91 Å². The minimum absolute atomic E-state index is 0.0254. The SMILES string of the molecule is C[C@@H](NC(=O)c1cc(N2CCN=CN2)ccn1)c1ccc(-c2cc(C(F)(F)F)ccc2CNC(=O)OC(C)(C)C)cc1. The third-order valence-corrected chi connectivity index (χ3v) is 6.37. The standard InChI is InChI=1S/C30H33F3N6O3/c1-19(38-27(40)26-16-24(11-12-35-26)39-14-13-34-18-37-39)20-5-7-21(8-6-20)25-15-23(30(31,32)33)10-9-22(25)17-36-28(41)42-29(2,3)4/h5-12,15-16,18-19H,13-14,17H2,1-4H3,(H,34,37)(H,36,41)(H,38,40)/t19-/m1/s1. The highest BCUT2D eigenvalue weighted by Gasteiger charge is 2.31. The molecule has 0 bridgehead atoms. The van der Waals surface area contributed by atoms with Crippen LogP contribution in [-0.4, -0.2) is 42.0 Å². The van der Waals surface area contributed by atoms with Crippen LogP contribution in [0.4, 0.5) is 23.7 Å². The largest absolute Gasteiger partial charge is 0.444 e. The van der Waals surface area contributed by atoms with Crippen LogP contribution >= 0.6 is 0 Å². The fourth-order valence-electron chi connectivity index (χ4n) is 4.27. The molecule has 1 aliphatic rings. The average molecular weight is 583 g/mol. The lowest BCUT2D eigenvalue weighted by Crippen LogP contribution is -2.42. The number of rotatable bonds is 7. The average Bonchev–Trinajstić information content (AvgIpc) is 2.95. The first-order valence-electron chi connectivity index (χ1n) is 13.4. The van der Waals surface area contributed by atoms with Gasteiger partial charge < -0.3 is 15.4 Å². The van der Waals surface area contributed by atoms with Crippen LogP contribution in [0.1, 0.15) is 60.9 Å². The van der Waals surface area contributed by atoms with Crippen molar-refractivity contribution in [3.8, 4) is 11.1 Å². The molecule has 1 aromatic heterocycles. The molecule has 4 rings (SSSR count). The van der Waals surface area contributed by atoms with Crippen LogP contribution in [0, 0.1) is 0 Å². The van der Waals surface area contributed by atoms with E-state index in [9.17, 15) is 22.8 Å². The Balaban J connectivity index is 1.50. The second kappa shape index (κ2) is 12.5. The number of hydrazine groups is 1. The molecule has 2 amide bonds. The van der Waals surface area contributed by atoms with Crippen LogP contribution in [-0.2, 0) is 17.5 Å². The molecule has 1 aliphatic heterocycles. The minimum Gasteiger partial charge on any atom is -0.444 e. The van der Waals surface area contributed by atoms with Crippen molar-refractivity contribution in [2.75, 3.05) is 18.1 Å². The zero-order valence-corrected chi connectivity index (χ0v) is 23.7. The summed E-state index contributed by atoms with van der Waals surface area (Å²) in [7, 11) is 0. The molecule has 0 unspecified atom stereocenters. The molecule has 1 atom stereocenters. The number of anilines is 1. The summed E-state index contributed by atoms with van der Waals surface area (Å²) >= 11 is 0. The van der Waals surface area contributed by atoms with Crippen molar-refractivity contribution in [3.63, 3.8) is 0 Å². The summed E-state index contributed by atoms with van der Waals surface area (Å²) in [4.78, 5) is 33.4. The molecule has 0 radical (unpaired) electrons. The summed E-state index contributed by atoms with van der Waals surface area (Å²) in [5.74, 6) is -0.368. The number of nitrogens with zero attached hydrogens (tertiary/aromatic N) is 3. The van der Waals surface area contributed by atoms with Crippen molar-refractivity contribution in [1.29, 1.82) is 0 Å². The van der Waals surface area contributed by atoms with Crippen molar-refractivity contribution in [1.82, 2.24) is 21.0 Å². The Morgan fingerprint density at radius 2 is 1.81 bits per heavy atom. The zero-order valence-electron chi connectivity index (χ0n) is 23.7. The van der Waals surface area contributed by atoms with E-state index < -0.39 is 29.5 Å². The first kappa shape index (κ1) is 30.4. The minimum atomic E-state index is -4.53. The summed E-state index contributed by atoms with van der Waals surface area (Å²) < 4.78 is 45.8. The Morgan fingerprint density at radius 1 is 1.07 bits per heavy atom. The Morgan fingerprint density at radius 3 is 2.45 bits per heavy atom. The Kier molecular flexibility index (Phi) is 9.03. The summed E-state index contributed by atoms with van der Waals surface area (Å²) in [6.07, 6.45) is -2.06. The van der Waals surface area contributed by atoms with Crippen LogP contribution < -0.4 is 21.1 Å². The van der Waals surface area contributed by atoms with Crippen LogP contribution in [0.25, 0.3) is 11.1 Å². The number of aliphatic imine (C=N–C) groups is 1. The van der Waals surface area contributed by atoms with Crippen molar-refractivity contribution in [3.05, 3.63) is 83.2 Å². The highest BCUT2D eigenvalue weighted by atomic mass is 19.4. The maximum atomic E-state index is 13.5. The molecule has 0 fully saturated rings. The van der Waals surface area contributed by atoms with Gasteiger partial charge in [0.05, 0.1) is 30.4 Å². The van der Waals surface area contributed by atoms with Crippen LogP contribution in [0.3, 0.4) is 0 Å². The van der Waals surface area contributed by atoms with E-state index in [2.05, 4.69) is 26.0 Å². The molecular formula is C30H33F3N6O3. The third kappa shape index (κ3) is 7.99. The van der Waals surface area contributed by atoms with Crippen LogP contribution in [0.15, 0.2) is 65.8 Å². The first-order valence-corrected chi connectivity index (χ1v) is 13.4. The molecule has 2 aromatic carbocycles.